The molecule has 0 aromatic carbocycles. The van der Waals surface area contributed by atoms with Gasteiger partial charge in [-0.1, -0.05) is 13.8 Å². The van der Waals surface area contributed by atoms with Crippen LogP contribution >= 0.6 is 0 Å². The van der Waals surface area contributed by atoms with Crippen LogP contribution in [0, 0.1) is 0 Å². The first-order valence-corrected chi connectivity index (χ1v) is 10.4. The van der Waals surface area contributed by atoms with Gasteiger partial charge in [0.1, 0.15) is 0 Å². The molecule has 156 valence electrons. The monoisotopic (exact) mass is 375 g/mol. The maximum Gasteiger partial charge on any atom is 0.0704 e. The molecule has 1 heterocycles. The Labute approximate surface area is 160 Å². The molecule has 6 nitrogen and oxygen atoms in total. The van der Waals surface area contributed by atoms with E-state index < -0.39 is 0 Å². The van der Waals surface area contributed by atoms with E-state index in [4.69, 9.17) is 23.7 Å². The molecule has 0 saturated carbocycles. The molecule has 0 bridgehead atoms. The highest BCUT2D eigenvalue weighted by molar-refractivity contribution is 4.75. The van der Waals surface area contributed by atoms with Crippen LogP contribution in [-0.4, -0.2) is 89.6 Å². The second-order valence-electron chi connectivity index (χ2n) is 6.81. The van der Waals surface area contributed by atoms with Gasteiger partial charge in [0, 0.05) is 25.7 Å². The summed E-state index contributed by atoms with van der Waals surface area (Å²) in [5, 5.41) is 0. The number of rotatable bonds is 17. The second kappa shape index (κ2) is 16.9. The molecule has 6 heteroatoms. The first kappa shape index (κ1) is 23.8. The van der Waals surface area contributed by atoms with Gasteiger partial charge in [-0.2, -0.15) is 0 Å². The topological polar surface area (TPSA) is 49.4 Å². The Hall–Kier alpha value is -0.240. The van der Waals surface area contributed by atoms with Gasteiger partial charge in [0.25, 0.3) is 0 Å². The lowest BCUT2D eigenvalue weighted by molar-refractivity contribution is -0.0390. The van der Waals surface area contributed by atoms with Crippen molar-refractivity contribution in [3.8, 4) is 0 Å². The minimum atomic E-state index is 0.397. The molecule has 1 aliphatic rings. The Morgan fingerprint density at radius 2 is 1.19 bits per heavy atom. The van der Waals surface area contributed by atoms with Crippen LogP contribution in [-0.2, 0) is 23.7 Å². The molecule has 1 fully saturated rings. The Balaban J connectivity index is 1.78. The van der Waals surface area contributed by atoms with Crippen LogP contribution in [0.15, 0.2) is 0 Å². The molecule has 0 amide bonds. The molecule has 1 saturated heterocycles. The highest BCUT2D eigenvalue weighted by Gasteiger charge is 2.21. The molecule has 1 rings (SSSR count). The fourth-order valence-electron chi connectivity index (χ4n) is 2.92. The molecular formula is C20H41NO5. The van der Waals surface area contributed by atoms with Gasteiger partial charge in [-0.25, -0.2) is 0 Å². The molecule has 1 unspecified atom stereocenters. The van der Waals surface area contributed by atoms with E-state index in [2.05, 4.69) is 25.7 Å². The normalized spacial score (nSPS) is 17.7. The van der Waals surface area contributed by atoms with Gasteiger partial charge >= 0.3 is 0 Å². The van der Waals surface area contributed by atoms with Gasteiger partial charge < -0.3 is 28.6 Å². The van der Waals surface area contributed by atoms with Crippen molar-refractivity contribution in [1.29, 1.82) is 0 Å². The SMILES string of the molecule is CCCOCCOCCOCCOCCOC1CCN(C(C)CC)CC1. The third-order valence-electron chi connectivity index (χ3n) is 4.74. The van der Waals surface area contributed by atoms with Crippen molar-refractivity contribution in [2.24, 2.45) is 0 Å². The van der Waals surface area contributed by atoms with Crippen LogP contribution in [0.3, 0.4) is 0 Å². The Bertz CT molecular complexity index is 298. The molecule has 1 atom stereocenters. The van der Waals surface area contributed by atoms with E-state index in [-0.39, 0.29) is 0 Å². The molecule has 0 N–H and O–H groups in total. The number of ether oxygens (including phenoxy) is 5. The second-order valence-corrected chi connectivity index (χ2v) is 6.81. The third kappa shape index (κ3) is 12.2. The smallest absolute Gasteiger partial charge is 0.0704 e. The first-order valence-electron chi connectivity index (χ1n) is 10.4. The molecule has 0 radical (unpaired) electrons. The summed E-state index contributed by atoms with van der Waals surface area (Å²) in [4.78, 5) is 2.57. The average molecular weight is 376 g/mol. The molecule has 0 aliphatic carbocycles. The molecule has 0 spiro atoms. The molecular weight excluding hydrogens is 334 g/mol. The standard InChI is InChI=1S/C20H41NO5/c1-4-10-22-11-12-23-13-14-24-15-16-25-17-18-26-20-6-8-21(9-7-20)19(3)5-2/h19-20H,4-18H2,1-3H3. The predicted molar refractivity (Wildman–Crippen MR) is 104 cm³/mol. The van der Waals surface area contributed by atoms with Crippen molar-refractivity contribution in [3.63, 3.8) is 0 Å². The van der Waals surface area contributed by atoms with Crippen LogP contribution < -0.4 is 0 Å². The van der Waals surface area contributed by atoms with Gasteiger partial charge in [-0.15, -0.1) is 0 Å². The van der Waals surface area contributed by atoms with Crippen LogP contribution in [0.5, 0.6) is 0 Å². The lowest BCUT2D eigenvalue weighted by Crippen LogP contribution is -2.42. The van der Waals surface area contributed by atoms with E-state index in [1.54, 1.807) is 0 Å². The third-order valence-corrected chi connectivity index (χ3v) is 4.74. The van der Waals surface area contributed by atoms with Crippen molar-refractivity contribution in [2.75, 3.05) is 72.6 Å². The summed E-state index contributed by atoms with van der Waals surface area (Å²) >= 11 is 0. The van der Waals surface area contributed by atoms with E-state index in [1.165, 1.54) is 6.42 Å². The lowest BCUT2D eigenvalue weighted by Gasteiger charge is -2.35. The predicted octanol–water partition coefficient (Wildman–Crippen LogP) is 2.74. The molecule has 1 aliphatic heterocycles. The Kier molecular flexibility index (Phi) is 15.5. The zero-order valence-electron chi connectivity index (χ0n) is 17.2. The summed E-state index contributed by atoms with van der Waals surface area (Å²) in [6, 6.07) is 0.694. The highest BCUT2D eigenvalue weighted by atomic mass is 16.6. The lowest BCUT2D eigenvalue weighted by atomic mass is 10.1. The summed E-state index contributed by atoms with van der Waals surface area (Å²) < 4.78 is 27.7. The van der Waals surface area contributed by atoms with E-state index in [9.17, 15) is 0 Å². The number of hydrogen-bond acceptors (Lipinski definition) is 6. The molecule has 0 aromatic rings. The van der Waals surface area contributed by atoms with E-state index in [0.717, 1.165) is 39.0 Å². The maximum absolute atomic E-state index is 5.92. The van der Waals surface area contributed by atoms with Crippen molar-refractivity contribution in [3.05, 3.63) is 0 Å². The summed E-state index contributed by atoms with van der Waals surface area (Å²) in [6.45, 7) is 14.8. The maximum atomic E-state index is 5.92. The summed E-state index contributed by atoms with van der Waals surface area (Å²) in [5.41, 5.74) is 0. The Morgan fingerprint density at radius 3 is 1.65 bits per heavy atom. The molecule has 0 aromatic heterocycles. The highest BCUT2D eigenvalue weighted by Crippen LogP contribution is 2.16. The molecule has 26 heavy (non-hydrogen) atoms. The fraction of sp³-hybridized carbons (Fsp3) is 1.00. The van der Waals surface area contributed by atoms with Crippen LogP contribution in [0.4, 0.5) is 0 Å². The van der Waals surface area contributed by atoms with Crippen molar-refractivity contribution in [2.45, 2.75) is 58.6 Å². The van der Waals surface area contributed by atoms with Gasteiger partial charge in [0.2, 0.25) is 0 Å². The van der Waals surface area contributed by atoms with Gasteiger partial charge in [-0.3, -0.25) is 0 Å². The largest absolute Gasteiger partial charge is 0.379 e. The van der Waals surface area contributed by atoms with E-state index in [0.29, 0.717) is 65.0 Å². The van der Waals surface area contributed by atoms with Crippen molar-refractivity contribution < 1.29 is 23.7 Å². The van der Waals surface area contributed by atoms with Crippen LogP contribution in [0.1, 0.15) is 46.5 Å². The summed E-state index contributed by atoms with van der Waals surface area (Å²) in [7, 11) is 0. The summed E-state index contributed by atoms with van der Waals surface area (Å²) in [5.74, 6) is 0. The number of piperidine rings is 1. The quantitative estimate of drug-likeness (QED) is 0.364. The van der Waals surface area contributed by atoms with Crippen molar-refractivity contribution in [1.82, 2.24) is 4.90 Å². The first-order chi connectivity index (χ1) is 12.8. The minimum absolute atomic E-state index is 0.397. The number of hydrogen-bond donors (Lipinski definition) is 0. The summed E-state index contributed by atoms with van der Waals surface area (Å²) in [6.07, 6.45) is 4.94. The van der Waals surface area contributed by atoms with Crippen molar-refractivity contribution >= 4 is 0 Å². The van der Waals surface area contributed by atoms with Gasteiger partial charge in [0.15, 0.2) is 0 Å². The average Bonchev–Trinajstić information content (AvgIpc) is 2.68. The number of nitrogens with zero attached hydrogens (tertiary/aromatic N) is 1. The van der Waals surface area contributed by atoms with Gasteiger partial charge in [0.05, 0.1) is 59.0 Å². The zero-order valence-corrected chi connectivity index (χ0v) is 17.2. The fourth-order valence-corrected chi connectivity index (χ4v) is 2.92. The van der Waals surface area contributed by atoms with E-state index in [1.807, 2.05) is 0 Å². The minimum Gasteiger partial charge on any atom is -0.379 e. The number of likely N-dealkylation sites (tertiary alicyclic amines) is 1. The zero-order chi connectivity index (χ0) is 18.9. The Morgan fingerprint density at radius 1 is 0.731 bits per heavy atom. The van der Waals surface area contributed by atoms with Crippen LogP contribution in [0.2, 0.25) is 0 Å². The van der Waals surface area contributed by atoms with Crippen LogP contribution in [0.25, 0.3) is 0 Å². The van der Waals surface area contributed by atoms with E-state index >= 15 is 0 Å². The van der Waals surface area contributed by atoms with Gasteiger partial charge in [-0.05, 0) is 32.6 Å².